The molecular weight excluding hydrogens is 344 g/mol. The summed E-state index contributed by atoms with van der Waals surface area (Å²) >= 11 is 0. The Labute approximate surface area is 156 Å². The highest BCUT2D eigenvalue weighted by molar-refractivity contribution is 5.92. The van der Waals surface area contributed by atoms with Crippen LogP contribution in [0.15, 0.2) is 48.2 Å². The smallest absolute Gasteiger partial charge is 0.311 e. The third kappa shape index (κ3) is 4.55. The summed E-state index contributed by atoms with van der Waals surface area (Å²) in [6.07, 6.45) is 4.97. The summed E-state index contributed by atoms with van der Waals surface area (Å²) in [5.41, 5.74) is 2.17. The normalized spacial score (nSPS) is 13.5. The lowest BCUT2D eigenvalue weighted by molar-refractivity contribution is -0.384. The number of pyridine rings is 2. The number of rotatable bonds is 3. The van der Waals surface area contributed by atoms with Crippen LogP contribution in [0, 0.1) is 22.0 Å². The van der Waals surface area contributed by atoms with Gasteiger partial charge >= 0.3 is 5.69 Å². The van der Waals surface area contributed by atoms with Crippen LogP contribution in [0.25, 0.3) is 0 Å². The summed E-state index contributed by atoms with van der Waals surface area (Å²) in [4.78, 5) is 32.4. The lowest BCUT2D eigenvalue weighted by atomic mass is 10.0. The topological polar surface area (TPSA) is 89.2 Å². The van der Waals surface area contributed by atoms with Crippen molar-refractivity contribution in [2.75, 3.05) is 18.0 Å². The second-order valence-electron chi connectivity index (χ2n) is 6.13. The largest absolute Gasteiger partial charge is 0.350 e. The summed E-state index contributed by atoms with van der Waals surface area (Å²) in [5, 5.41) is 11.2. The molecule has 1 aliphatic heterocycles. The minimum Gasteiger partial charge on any atom is -0.350 e. The molecule has 27 heavy (non-hydrogen) atoms. The van der Waals surface area contributed by atoms with Crippen LogP contribution in [0.1, 0.15) is 35.9 Å². The predicted octanol–water partition coefficient (Wildman–Crippen LogP) is 3.17. The molecule has 0 radical (unpaired) electrons. The molecule has 1 saturated heterocycles. The van der Waals surface area contributed by atoms with Gasteiger partial charge in [0, 0.05) is 32.3 Å². The minimum absolute atomic E-state index is 0.0288. The number of ketones is 1. The number of hydrogen-bond donors (Lipinski definition) is 0. The molecule has 0 spiro atoms. The van der Waals surface area contributed by atoms with E-state index in [1.54, 1.807) is 30.5 Å². The van der Waals surface area contributed by atoms with Crippen LogP contribution in [-0.4, -0.2) is 33.8 Å². The molecule has 0 saturated carbocycles. The number of allylic oxidation sites excluding steroid dienone is 1. The molecule has 136 valence electrons. The first-order valence-electron chi connectivity index (χ1n) is 8.56. The van der Waals surface area contributed by atoms with Crippen molar-refractivity contribution >= 4 is 17.3 Å². The lowest BCUT2D eigenvalue weighted by Gasteiger charge is -2.28. The van der Waals surface area contributed by atoms with Crippen LogP contribution in [0.4, 0.5) is 11.5 Å². The summed E-state index contributed by atoms with van der Waals surface area (Å²) in [7, 11) is 0. The molecule has 0 amide bonds. The molecule has 3 heterocycles. The molecule has 0 unspecified atom stereocenters. The third-order valence-corrected chi connectivity index (χ3v) is 4.25. The van der Waals surface area contributed by atoms with Crippen LogP contribution in [0.5, 0.6) is 0 Å². The van der Waals surface area contributed by atoms with Gasteiger partial charge in [0.15, 0.2) is 5.78 Å². The second kappa shape index (κ2) is 8.23. The zero-order valence-corrected chi connectivity index (χ0v) is 14.9. The molecule has 3 rings (SSSR count). The molecule has 0 aromatic carbocycles. The van der Waals surface area contributed by atoms with Gasteiger partial charge in [0.25, 0.3) is 0 Å². The number of hydrogen-bond acceptors (Lipinski definition) is 6. The maximum absolute atomic E-state index is 11.4. The molecule has 2 aromatic heterocycles. The van der Waals surface area contributed by atoms with Gasteiger partial charge in [-0.15, -0.1) is 0 Å². The fourth-order valence-electron chi connectivity index (χ4n) is 2.84. The first kappa shape index (κ1) is 18.3. The summed E-state index contributed by atoms with van der Waals surface area (Å²) in [6, 6.07) is 8.24. The van der Waals surface area contributed by atoms with E-state index >= 15 is 0 Å². The van der Waals surface area contributed by atoms with Gasteiger partial charge < -0.3 is 4.90 Å². The molecule has 0 bridgehead atoms. The van der Waals surface area contributed by atoms with E-state index in [1.807, 2.05) is 11.0 Å². The number of anilines is 1. The highest BCUT2D eigenvalue weighted by Crippen LogP contribution is 2.28. The molecular formula is C20H18N4O3. The zero-order valence-electron chi connectivity index (χ0n) is 14.9. The molecule has 2 aromatic rings. The highest BCUT2D eigenvalue weighted by Gasteiger charge is 2.23. The number of Topliss-reactive ketones (excluding diaryl/α,β-unsaturated/α-hetero) is 1. The van der Waals surface area contributed by atoms with Gasteiger partial charge in [0.2, 0.25) is 5.82 Å². The van der Waals surface area contributed by atoms with E-state index in [2.05, 4.69) is 21.8 Å². The predicted molar refractivity (Wildman–Crippen MR) is 102 cm³/mol. The van der Waals surface area contributed by atoms with Crippen LogP contribution in [-0.2, 0) is 0 Å². The number of nitrogens with zero attached hydrogens (tertiary/aromatic N) is 4. The Bertz CT molecular complexity index is 962. The molecule has 0 aliphatic carbocycles. The van der Waals surface area contributed by atoms with Crippen molar-refractivity contribution in [3.63, 3.8) is 0 Å². The molecule has 1 fully saturated rings. The van der Waals surface area contributed by atoms with Crippen molar-refractivity contribution in [1.29, 1.82) is 0 Å². The van der Waals surface area contributed by atoms with Gasteiger partial charge in [-0.1, -0.05) is 17.6 Å². The van der Waals surface area contributed by atoms with E-state index in [4.69, 9.17) is 0 Å². The summed E-state index contributed by atoms with van der Waals surface area (Å²) in [5.74, 6) is 6.27. The molecule has 0 N–H and O–H groups in total. The van der Waals surface area contributed by atoms with Crippen LogP contribution in [0.3, 0.4) is 0 Å². The van der Waals surface area contributed by atoms with Gasteiger partial charge in [0.05, 0.1) is 4.92 Å². The number of nitro groups is 1. The minimum atomic E-state index is -0.401. The zero-order chi connectivity index (χ0) is 19.2. The Morgan fingerprint density at radius 3 is 2.74 bits per heavy atom. The van der Waals surface area contributed by atoms with Crippen molar-refractivity contribution in [2.45, 2.75) is 19.8 Å². The standard InChI is InChI=1S/C20H18N4O3/c1-15(25)18-8-3-7-17(22-18)6-2-5-16-10-13-23(14-11-16)20-19(24(26)27)9-4-12-21-20/h3-5,7-9,12H,10-11,13-14H2,1H3. The summed E-state index contributed by atoms with van der Waals surface area (Å²) in [6.45, 7) is 2.79. The van der Waals surface area contributed by atoms with E-state index in [1.165, 1.54) is 18.6 Å². The van der Waals surface area contributed by atoms with Gasteiger partial charge in [-0.25, -0.2) is 9.97 Å². The lowest BCUT2D eigenvalue weighted by Crippen LogP contribution is -2.31. The number of carbonyl (C=O) groups is 1. The van der Waals surface area contributed by atoms with Crippen LogP contribution in [0.2, 0.25) is 0 Å². The maximum Gasteiger partial charge on any atom is 0.311 e. The van der Waals surface area contributed by atoms with Gasteiger partial charge in [-0.3, -0.25) is 14.9 Å². The molecule has 0 atom stereocenters. The quantitative estimate of drug-likeness (QED) is 0.361. The van der Waals surface area contributed by atoms with E-state index in [0.29, 0.717) is 30.3 Å². The monoisotopic (exact) mass is 362 g/mol. The number of carbonyl (C=O) groups excluding carboxylic acids is 1. The number of aromatic nitrogens is 2. The average Bonchev–Trinajstić information content (AvgIpc) is 2.69. The van der Waals surface area contributed by atoms with E-state index in [-0.39, 0.29) is 11.5 Å². The first-order chi connectivity index (χ1) is 13.0. The Balaban J connectivity index is 1.66. The fourth-order valence-corrected chi connectivity index (χ4v) is 2.84. The third-order valence-electron chi connectivity index (χ3n) is 4.25. The molecule has 7 nitrogen and oxygen atoms in total. The Hall–Kier alpha value is -3.53. The van der Waals surface area contributed by atoms with Crippen molar-refractivity contribution in [1.82, 2.24) is 9.97 Å². The van der Waals surface area contributed by atoms with Gasteiger partial charge in [-0.2, -0.15) is 0 Å². The van der Waals surface area contributed by atoms with Gasteiger partial charge in [-0.05, 0) is 43.0 Å². The first-order valence-corrected chi connectivity index (χ1v) is 8.56. The maximum atomic E-state index is 11.4. The fraction of sp³-hybridized carbons (Fsp3) is 0.250. The van der Waals surface area contributed by atoms with E-state index in [0.717, 1.165) is 12.8 Å². The van der Waals surface area contributed by atoms with Crippen molar-refractivity contribution in [3.8, 4) is 11.8 Å². The van der Waals surface area contributed by atoms with Gasteiger partial charge in [0.1, 0.15) is 11.4 Å². The molecule has 7 heteroatoms. The molecule has 1 aliphatic rings. The Morgan fingerprint density at radius 1 is 1.26 bits per heavy atom. The highest BCUT2D eigenvalue weighted by atomic mass is 16.6. The van der Waals surface area contributed by atoms with E-state index in [9.17, 15) is 14.9 Å². The SMILES string of the molecule is CC(=O)c1cccc(C#CC=C2CCN(c3ncccc3[N+](=O)[O-])CC2)n1. The Kier molecular flexibility index (Phi) is 5.57. The van der Waals surface area contributed by atoms with Crippen molar-refractivity contribution in [2.24, 2.45) is 0 Å². The summed E-state index contributed by atoms with van der Waals surface area (Å²) < 4.78 is 0. The van der Waals surface area contributed by atoms with Crippen LogP contribution < -0.4 is 4.90 Å². The second-order valence-corrected chi connectivity index (χ2v) is 6.13. The van der Waals surface area contributed by atoms with E-state index < -0.39 is 4.92 Å². The van der Waals surface area contributed by atoms with Crippen molar-refractivity contribution in [3.05, 3.63) is 69.7 Å². The van der Waals surface area contributed by atoms with Crippen LogP contribution >= 0.6 is 0 Å². The van der Waals surface area contributed by atoms with Crippen molar-refractivity contribution < 1.29 is 9.72 Å². The average molecular weight is 362 g/mol. The Morgan fingerprint density at radius 2 is 2.04 bits per heavy atom. The number of piperidine rings is 1.